The first kappa shape index (κ1) is 12.3. The first-order valence-electron chi connectivity index (χ1n) is 4.97. The average molecular weight is 267 g/mol. The Morgan fingerprint density at radius 3 is 2.72 bits per heavy atom. The van der Waals surface area contributed by atoms with Gasteiger partial charge in [-0.25, -0.2) is 14.2 Å². The fourth-order valence-electron chi connectivity index (χ4n) is 1.42. The Bertz CT molecular complexity index is 584. The van der Waals surface area contributed by atoms with E-state index >= 15 is 0 Å². The number of carboxylic acid groups (broad SMARTS) is 1. The van der Waals surface area contributed by atoms with Crippen molar-refractivity contribution in [3.05, 3.63) is 53.1 Å². The van der Waals surface area contributed by atoms with Crippen molar-refractivity contribution in [1.82, 2.24) is 4.98 Å². The van der Waals surface area contributed by atoms with Crippen LogP contribution in [0.4, 0.5) is 15.8 Å². The van der Waals surface area contributed by atoms with Gasteiger partial charge in [0.15, 0.2) is 0 Å². The predicted molar refractivity (Wildman–Crippen MR) is 65.9 cm³/mol. The van der Waals surface area contributed by atoms with E-state index in [9.17, 15) is 9.18 Å². The van der Waals surface area contributed by atoms with Gasteiger partial charge >= 0.3 is 5.97 Å². The number of carboxylic acids is 1. The van der Waals surface area contributed by atoms with Gasteiger partial charge in [-0.1, -0.05) is 11.6 Å². The van der Waals surface area contributed by atoms with Crippen LogP contribution in [0.3, 0.4) is 0 Å². The van der Waals surface area contributed by atoms with Crippen LogP contribution in [0.5, 0.6) is 0 Å². The minimum Gasteiger partial charge on any atom is -0.477 e. The number of nitrogens with zero attached hydrogens (tertiary/aromatic N) is 1. The SMILES string of the molecule is O=C(O)c1cc(Nc2cc(F)cc(Cl)c2)ccn1. The topological polar surface area (TPSA) is 62.2 Å². The molecular weight excluding hydrogens is 259 g/mol. The molecule has 0 aliphatic heterocycles. The molecule has 0 unspecified atom stereocenters. The standard InChI is InChI=1S/C12H8ClFN2O2/c13-7-3-8(14)5-10(4-7)16-9-1-2-15-11(6-9)12(17)18/h1-6H,(H,15,16)(H,17,18). The summed E-state index contributed by atoms with van der Waals surface area (Å²) in [5.74, 6) is -1.60. The van der Waals surface area contributed by atoms with Crippen molar-refractivity contribution < 1.29 is 14.3 Å². The van der Waals surface area contributed by atoms with Gasteiger partial charge in [0.05, 0.1) is 0 Å². The monoisotopic (exact) mass is 266 g/mol. The van der Waals surface area contributed by atoms with Crippen LogP contribution in [-0.4, -0.2) is 16.1 Å². The smallest absolute Gasteiger partial charge is 0.354 e. The zero-order valence-electron chi connectivity index (χ0n) is 9.02. The van der Waals surface area contributed by atoms with E-state index in [1.165, 1.54) is 30.5 Å². The summed E-state index contributed by atoms with van der Waals surface area (Å²) in [7, 11) is 0. The molecule has 0 saturated heterocycles. The maximum atomic E-state index is 13.1. The molecule has 2 aromatic rings. The van der Waals surface area contributed by atoms with Gasteiger partial charge in [0.1, 0.15) is 11.5 Å². The Kier molecular flexibility index (Phi) is 3.43. The Labute approximate surface area is 107 Å². The number of aromatic carboxylic acids is 1. The van der Waals surface area contributed by atoms with E-state index in [0.717, 1.165) is 0 Å². The molecular formula is C12H8ClFN2O2. The Balaban J connectivity index is 2.28. The Morgan fingerprint density at radius 2 is 2.06 bits per heavy atom. The number of benzene rings is 1. The summed E-state index contributed by atoms with van der Waals surface area (Å²) < 4.78 is 13.1. The van der Waals surface area contributed by atoms with Crippen LogP contribution in [0, 0.1) is 5.82 Å². The van der Waals surface area contributed by atoms with Gasteiger partial charge in [0, 0.05) is 22.6 Å². The summed E-state index contributed by atoms with van der Waals surface area (Å²) >= 11 is 5.71. The number of nitrogens with one attached hydrogen (secondary N) is 1. The fraction of sp³-hybridized carbons (Fsp3) is 0. The summed E-state index contributed by atoms with van der Waals surface area (Å²) in [5.41, 5.74) is 0.828. The van der Waals surface area contributed by atoms with Crippen molar-refractivity contribution in [2.24, 2.45) is 0 Å². The average Bonchev–Trinajstić information content (AvgIpc) is 2.27. The van der Waals surface area contributed by atoms with Crippen LogP contribution in [-0.2, 0) is 0 Å². The van der Waals surface area contributed by atoms with Gasteiger partial charge in [-0.15, -0.1) is 0 Å². The largest absolute Gasteiger partial charge is 0.477 e. The van der Waals surface area contributed by atoms with Crippen LogP contribution < -0.4 is 5.32 Å². The van der Waals surface area contributed by atoms with E-state index in [1.807, 2.05) is 0 Å². The molecule has 0 amide bonds. The van der Waals surface area contributed by atoms with Crippen molar-refractivity contribution in [2.75, 3.05) is 5.32 Å². The van der Waals surface area contributed by atoms with E-state index in [-0.39, 0.29) is 10.7 Å². The number of hydrogen-bond acceptors (Lipinski definition) is 3. The number of rotatable bonds is 3. The summed E-state index contributed by atoms with van der Waals surface area (Å²) in [4.78, 5) is 14.4. The van der Waals surface area contributed by atoms with Crippen molar-refractivity contribution in [3.8, 4) is 0 Å². The molecule has 0 aliphatic rings. The summed E-state index contributed by atoms with van der Waals surface area (Å²) in [5, 5.41) is 11.9. The lowest BCUT2D eigenvalue weighted by atomic mass is 10.2. The third-order valence-corrected chi connectivity index (χ3v) is 2.35. The molecule has 92 valence electrons. The lowest BCUT2D eigenvalue weighted by molar-refractivity contribution is 0.0690. The van der Waals surface area contributed by atoms with Crippen molar-refractivity contribution in [3.63, 3.8) is 0 Å². The van der Waals surface area contributed by atoms with Crippen LogP contribution in [0.15, 0.2) is 36.5 Å². The van der Waals surface area contributed by atoms with Crippen LogP contribution in [0.25, 0.3) is 0 Å². The van der Waals surface area contributed by atoms with Crippen molar-refractivity contribution in [1.29, 1.82) is 0 Å². The second kappa shape index (κ2) is 5.01. The summed E-state index contributed by atoms with van der Waals surface area (Å²) in [6.45, 7) is 0. The zero-order valence-corrected chi connectivity index (χ0v) is 9.78. The Morgan fingerprint density at radius 1 is 1.28 bits per heavy atom. The molecule has 1 heterocycles. The number of aromatic nitrogens is 1. The van der Waals surface area contributed by atoms with E-state index in [2.05, 4.69) is 10.3 Å². The molecule has 0 fully saturated rings. The molecule has 0 atom stereocenters. The quantitative estimate of drug-likeness (QED) is 0.895. The van der Waals surface area contributed by atoms with Gasteiger partial charge in [0.2, 0.25) is 0 Å². The second-order valence-corrected chi connectivity index (χ2v) is 3.95. The number of hydrogen-bond donors (Lipinski definition) is 2. The molecule has 0 radical (unpaired) electrons. The highest BCUT2D eigenvalue weighted by molar-refractivity contribution is 6.30. The van der Waals surface area contributed by atoms with Crippen molar-refractivity contribution in [2.45, 2.75) is 0 Å². The number of pyridine rings is 1. The van der Waals surface area contributed by atoms with E-state index in [4.69, 9.17) is 16.7 Å². The number of carbonyl (C=O) groups is 1. The van der Waals surface area contributed by atoms with Crippen LogP contribution in [0.1, 0.15) is 10.5 Å². The normalized spacial score (nSPS) is 10.1. The second-order valence-electron chi connectivity index (χ2n) is 3.52. The minimum atomic E-state index is -1.13. The van der Waals surface area contributed by atoms with Gasteiger partial charge in [-0.2, -0.15) is 0 Å². The number of halogens is 2. The summed E-state index contributed by atoms with van der Waals surface area (Å²) in [6, 6.07) is 6.90. The van der Waals surface area contributed by atoms with Gasteiger partial charge < -0.3 is 10.4 Å². The molecule has 6 heteroatoms. The van der Waals surface area contributed by atoms with Gasteiger partial charge in [0.25, 0.3) is 0 Å². The zero-order chi connectivity index (χ0) is 13.1. The predicted octanol–water partition coefficient (Wildman–Crippen LogP) is 3.32. The molecule has 0 saturated carbocycles. The molecule has 0 spiro atoms. The molecule has 0 bridgehead atoms. The first-order valence-corrected chi connectivity index (χ1v) is 5.35. The third-order valence-electron chi connectivity index (χ3n) is 2.13. The van der Waals surface area contributed by atoms with E-state index in [0.29, 0.717) is 11.4 Å². The highest BCUT2D eigenvalue weighted by atomic mass is 35.5. The molecule has 1 aromatic heterocycles. The fourth-order valence-corrected chi connectivity index (χ4v) is 1.64. The molecule has 0 aliphatic carbocycles. The lowest BCUT2D eigenvalue weighted by Crippen LogP contribution is -2.01. The third kappa shape index (κ3) is 2.95. The van der Waals surface area contributed by atoms with Crippen LogP contribution >= 0.6 is 11.6 Å². The summed E-state index contributed by atoms with van der Waals surface area (Å²) in [6.07, 6.45) is 1.35. The molecule has 4 nitrogen and oxygen atoms in total. The lowest BCUT2D eigenvalue weighted by Gasteiger charge is -2.07. The van der Waals surface area contributed by atoms with Gasteiger partial charge in [-0.05, 0) is 30.3 Å². The van der Waals surface area contributed by atoms with Crippen molar-refractivity contribution >= 4 is 28.9 Å². The highest BCUT2D eigenvalue weighted by Gasteiger charge is 2.06. The van der Waals surface area contributed by atoms with E-state index in [1.54, 1.807) is 6.07 Å². The Hall–Kier alpha value is -2.14. The van der Waals surface area contributed by atoms with Gasteiger partial charge in [-0.3, -0.25) is 0 Å². The first-order chi connectivity index (χ1) is 8.54. The molecule has 1 aromatic carbocycles. The van der Waals surface area contributed by atoms with E-state index < -0.39 is 11.8 Å². The highest BCUT2D eigenvalue weighted by Crippen LogP contribution is 2.22. The minimum absolute atomic E-state index is 0.0949. The molecule has 18 heavy (non-hydrogen) atoms. The molecule has 2 rings (SSSR count). The van der Waals surface area contributed by atoms with Crippen LogP contribution in [0.2, 0.25) is 5.02 Å². The maximum absolute atomic E-state index is 13.1. The maximum Gasteiger partial charge on any atom is 0.354 e. The molecule has 2 N–H and O–H groups in total. The number of anilines is 2.